The average molecular weight is 374 g/mol. The minimum Gasteiger partial charge on any atom is -0.360 e. The Morgan fingerprint density at radius 3 is 2.81 bits per heavy atom. The van der Waals surface area contributed by atoms with Gasteiger partial charge >= 0.3 is 0 Å². The molecule has 0 atom stereocenters. The summed E-state index contributed by atoms with van der Waals surface area (Å²) in [6.45, 7) is 2.54. The highest BCUT2D eigenvalue weighted by Crippen LogP contribution is 2.10. The van der Waals surface area contributed by atoms with Crippen LogP contribution in [0.1, 0.15) is 35.0 Å². The second kappa shape index (κ2) is 8.62. The molecule has 2 heterocycles. The molecular formula is C18H20ClN5O2. The zero-order valence-corrected chi connectivity index (χ0v) is 15.2. The van der Waals surface area contributed by atoms with Crippen molar-refractivity contribution in [2.45, 2.75) is 32.6 Å². The molecule has 8 heteroatoms. The molecule has 7 nitrogen and oxygen atoms in total. The van der Waals surface area contributed by atoms with Crippen LogP contribution in [0.25, 0.3) is 0 Å². The molecule has 1 amide bonds. The van der Waals surface area contributed by atoms with Crippen molar-refractivity contribution >= 4 is 17.5 Å². The van der Waals surface area contributed by atoms with Gasteiger partial charge < -0.3 is 9.84 Å². The summed E-state index contributed by atoms with van der Waals surface area (Å²) in [6.07, 6.45) is 2.06. The van der Waals surface area contributed by atoms with Crippen molar-refractivity contribution in [3.05, 3.63) is 64.0 Å². The molecule has 0 bridgehead atoms. The minimum absolute atomic E-state index is 0.0621. The number of aryl methyl sites for hydroxylation is 2. The largest absolute Gasteiger partial charge is 0.360 e. The van der Waals surface area contributed by atoms with E-state index in [9.17, 15) is 4.79 Å². The number of hydrogen-bond acceptors (Lipinski definition) is 5. The molecule has 0 spiro atoms. The number of nitrogens with one attached hydrogen (secondary N) is 2. The maximum atomic E-state index is 11.8. The number of aromatic nitrogens is 4. The van der Waals surface area contributed by atoms with Gasteiger partial charge in [-0.1, -0.05) is 46.6 Å². The standard InChI is InChI=1S/C18H20ClN5O2/c1-12-2-4-13(5-3-12)10-17-21-16(22-23-17)8-9-20-18(25)7-6-14-11-15(19)24-26-14/h2-5,11H,6-10H2,1H3,(H,20,25)(H,21,22,23). The van der Waals surface area contributed by atoms with Crippen LogP contribution in [0, 0.1) is 6.92 Å². The third-order valence-corrected chi connectivity index (χ3v) is 4.05. The van der Waals surface area contributed by atoms with Crippen molar-refractivity contribution in [1.82, 2.24) is 25.7 Å². The van der Waals surface area contributed by atoms with E-state index < -0.39 is 0 Å². The predicted molar refractivity (Wildman–Crippen MR) is 96.9 cm³/mol. The van der Waals surface area contributed by atoms with E-state index in [-0.39, 0.29) is 5.91 Å². The summed E-state index contributed by atoms with van der Waals surface area (Å²) in [7, 11) is 0. The number of H-pyrrole nitrogens is 1. The number of benzene rings is 1. The molecule has 0 saturated heterocycles. The van der Waals surface area contributed by atoms with Crippen LogP contribution in [0.2, 0.25) is 5.15 Å². The van der Waals surface area contributed by atoms with Crippen LogP contribution >= 0.6 is 11.6 Å². The molecule has 0 aliphatic heterocycles. The number of halogens is 1. The highest BCUT2D eigenvalue weighted by molar-refractivity contribution is 6.29. The van der Waals surface area contributed by atoms with Crippen LogP contribution in [0.4, 0.5) is 0 Å². The highest BCUT2D eigenvalue weighted by Gasteiger charge is 2.08. The maximum Gasteiger partial charge on any atom is 0.220 e. The van der Waals surface area contributed by atoms with Crippen molar-refractivity contribution in [3.63, 3.8) is 0 Å². The van der Waals surface area contributed by atoms with E-state index in [1.54, 1.807) is 6.07 Å². The van der Waals surface area contributed by atoms with Crippen molar-refractivity contribution in [1.29, 1.82) is 0 Å². The van der Waals surface area contributed by atoms with Gasteiger partial charge in [0.1, 0.15) is 11.6 Å². The lowest BCUT2D eigenvalue weighted by atomic mass is 10.1. The predicted octanol–water partition coefficient (Wildman–Crippen LogP) is 2.64. The fourth-order valence-electron chi connectivity index (χ4n) is 2.47. The van der Waals surface area contributed by atoms with Crippen molar-refractivity contribution in [2.24, 2.45) is 0 Å². The molecule has 2 N–H and O–H groups in total. The quantitative estimate of drug-likeness (QED) is 0.632. The van der Waals surface area contributed by atoms with Gasteiger partial charge in [0.15, 0.2) is 11.0 Å². The molecule has 136 valence electrons. The van der Waals surface area contributed by atoms with Crippen LogP contribution in [0.5, 0.6) is 0 Å². The fraction of sp³-hybridized carbons (Fsp3) is 0.333. The SMILES string of the molecule is Cc1ccc(Cc2nc(CCNC(=O)CCc3cc(Cl)no3)n[nH]2)cc1. The Morgan fingerprint density at radius 2 is 2.08 bits per heavy atom. The number of carbonyl (C=O) groups is 1. The lowest BCUT2D eigenvalue weighted by Gasteiger charge is -2.02. The van der Waals surface area contributed by atoms with Crippen LogP contribution in [0.3, 0.4) is 0 Å². The van der Waals surface area contributed by atoms with Gasteiger partial charge in [0.05, 0.1) is 0 Å². The molecule has 3 aromatic rings. The summed E-state index contributed by atoms with van der Waals surface area (Å²) in [5, 5.41) is 13.9. The van der Waals surface area contributed by atoms with Crippen LogP contribution < -0.4 is 5.32 Å². The molecule has 3 rings (SSSR count). The van der Waals surface area contributed by atoms with E-state index in [0.29, 0.717) is 49.0 Å². The average Bonchev–Trinajstić information content (AvgIpc) is 3.24. The molecule has 0 radical (unpaired) electrons. The summed E-state index contributed by atoms with van der Waals surface area (Å²) in [5.74, 6) is 2.04. The summed E-state index contributed by atoms with van der Waals surface area (Å²) < 4.78 is 4.96. The Labute approximate surface area is 156 Å². The molecule has 0 fully saturated rings. The van der Waals surface area contributed by atoms with Gasteiger partial charge in [-0.05, 0) is 12.5 Å². The Kier molecular flexibility index (Phi) is 6.01. The topological polar surface area (TPSA) is 96.7 Å². The van der Waals surface area contributed by atoms with Gasteiger partial charge in [0.2, 0.25) is 5.91 Å². The minimum atomic E-state index is -0.0621. The van der Waals surface area contributed by atoms with Gasteiger partial charge in [-0.25, -0.2) is 4.98 Å². The van der Waals surface area contributed by atoms with E-state index in [2.05, 4.69) is 56.8 Å². The smallest absolute Gasteiger partial charge is 0.220 e. The number of carbonyl (C=O) groups excluding carboxylic acids is 1. The Morgan fingerprint density at radius 1 is 1.27 bits per heavy atom. The second-order valence-electron chi connectivity index (χ2n) is 6.08. The van der Waals surface area contributed by atoms with Crippen molar-refractivity contribution in [2.75, 3.05) is 6.54 Å². The molecular weight excluding hydrogens is 354 g/mol. The Hall–Kier alpha value is -2.67. The molecule has 1 aromatic carbocycles. The van der Waals surface area contributed by atoms with E-state index in [1.807, 2.05) is 0 Å². The second-order valence-corrected chi connectivity index (χ2v) is 6.46. The normalized spacial score (nSPS) is 10.8. The first kappa shape index (κ1) is 18.1. The van der Waals surface area contributed by atoms with Gasteiger partial charge in [-0.15, -0.1) is 0 Å². The first-order valence-corrected chi connectivity index (χ1v) is 8.80. The maximum absolute atomic E-state index is 11.8. The third kappa shape index (κ3) is 5.42. The third-order valence-electron chi connectivity index (χ3n) is 3.87. The first-order chi connectivity index (χ1) is 12.6. The summed E-state index contributed by atoms with van der Waals surface area (Å²) >= 11 is 5.66. The molecule has 0 unspecified atom stereocenters. The summed E-state index contributed by atoms with van der Waals surface area (Å²) in [5.41, 5.74) is 2.41. The first-order valence-electron chi connectivity index (χ1n) is 8.42. The zero-order valence-electron chi connectivity index (χ0n) is 14.5. The van der Waals surface area contributed by atoms with Crippen LogP contribution in [-0.2, 0) is 24.1 Å². The lowest BCUT2D eigenvalue weighted by molar-refractivity contribution is -0.121. The van der Waals surface area contributed by atoms with Gasteiger partial charge in [-0.2, -0.15) is 5.10 Å². The van der Waals surface area contributed by atoms with E-state index in [4.69, 9.17) is 16.1 Å². The monoisotopic (exact) mass is 373 g/mol. The lowest BCUT2D eigenvalue weighted by Crippen LogP contribution is -2.26. The highest BCUT2D eigenvalue weighted by atomic mass is 35.5. The van der Waals surface area contributed by atoms with Crippen LogP contribution in [0.15, 0.2) is 34.9 Å². The van der Waals surface area contributed by atoms with Gasteiger partial charge in [0, 0.05) is 38.3 Å². The summed E-state index contributed by atoms with van der Waals surface area (Å²) in [6, 6.07) is 9.93. The van der Waals surface area contributed by atoms with Gasteiger partial charge in [0.25, 0.3) is 0 Å². The fourth-order valence-corrected chi connectivity index (χ4v) is 2.63. The molecule has 0 aliphatic rings. The van der Waals surface area contributed by atoms with E-state index >= 15 is 0 Å². The molecule has 2 aromatic heterocycles. The number of aromatic amines is 1. The molecule has 26 heavy (non-hydrogen) atoms. The van der Waals surface area contributed by atoms with E-state index in [0.717, 1.165) is 5.82 Å². The van der Waals surface area contributed by atoms with Crippen LogP contribution in [-0.4, -0.2) is 32.8 Å². The van der Waals surface area contributed by atoms with Crippen molar-refractivity contribution < 1.29 is 9.32 Å². The molecule has 0 aliphatic carbocycles. The molecule has 0 saturated carbocycles. The Bertz CT molecular complexity index is 857. The Balaban J connectivity index is 1.39. The van der Waals surface area contributed by atoms with Crippen molar-refractivity contribution in [3.8, 4) is 0 Å². The van der Waals surface area contributed by atoms with Gasteiger partial charge in [-0.3, -0.25) is 9.89 Å². The number of rotatable bonds is 8. The number of amides is 1. The zero-order chi connectivity index (χ0) is 18.4. The van der Waals surface area contributed by atoms with E-state index in [1.165, 1.54) is 11.1 Å². The number of hydrogen-bond donors (Lipinski definition) is 2. The summed E-state index contributed by atoms with van der Waals surface area (Å²) in [4.78, 5) is 16.3. The number of nitrogens with zero attached hydrogens (tertiary/aromatic N) is 3.